The molecule has 0 fully saturated rings. The maximum atomic E-state index is 2.34. The van der Waals surface area contributed by atoms with Crippen LogP contribution in [0.5, 0.6) is 0 Å². The summed E-state index contributed by atoms with van der Waals surface area (Å²) in [6.45, 7) is 4.49. The fourth-order valence-corrected chi connectivity index (χ4v) is 2.21. The van der Waals surface area contributed by atoms with Gasteiger partial charge in [0.15, 0.2) is 0 Å². The maximum absolute atomic E-state index is 2.34. The second kappa shape index (κ2) is 15.7. The highest BCUT2D eigenvalue weighted by Gasteiger charge is 1.92. The van der Waals surface area contributed by atoms with Crippen LogP contribution in [0.2, 0.25) is 0 Å². The first-order valence-electron chi connectivity index (χ1n) is 8.06. The summed E-state index contributed by atoms with van der Waals surface area (Å²) < 4.78 is 0. The molecule has 0 aliphatic rings. The van der Waals surface area contributed by atoms with Crippen molar-refractivity contribution in [2.45, 2.75) is 97.3 Å². The van der Waals surface area contributed by atoms with Crippen LogP contribution in [0.15, 0.2) is 12.2 Å². The van der Waals surface area contributed by atoms with Crippen LogP contribution in [-0.4, -0.2) is 0 Å². The largest absolute Gasteiger partial charge is 0.0888 e. The second-order valence-electron chi connectivity index (χ2n) is 5.20. The molecule has 0 atom stereocenters. The van der Waals surface area contributed by atoms with E-state index in [2.05, 4.69) is 26.0 Å². The SMILES string of the molecule is CC/C=C/CCCCCCCCCCCCC. The van der Waals surface area contributed by atoms with Gasteiger partial charge in [0.25, 0.3) is 0 Å². The van der Waals surface area contributed by atoms with Crippen LogP contribution < -0.4 is 0 Å². The number of hydrogen-bond acceptors (Lipinski definition) is 0. The predicted octanol–water partition coefficient (Wildman–Crippen LogP) is 6.65. The average molecular weight is 238 g/mol. The first kappa shape index (κ1) is 16.7. The molecule has 0 spiro atoms. The average Bonchev–Trinajstić information content (AvgIpc) is 2.35. The van der Waals surface area contributed by atoms with E-state index in [0.717, 1.165) is 0 Å². The third-order valence-electron chi connectivity index (χ3n) is 3.38. The molecular weight excluding hydrogens is 204 g/mol. The Morgan fingerprint density at radius 3 is 1.47 bits per heavy atom. The molecule has 0 bridgehead atoms. The van der Waals surface area contributed by atoms with E-state index in [0.29, 0.717) is 0 Å². The van der Waals surface area contributed by atoms with Crippen LogP contribution in [-0.2, 0) is 0 Å². The van der Waals surface area contributed by atoms with Crippen LogP contribution in [0.25, 0.3) is 0 Å². The van der Waals surface area contributed by atoms with E-state index in [1.807, 2.05) is 0 Å². The van der Waals surface area contributed by atoms with Crippen molar-refractivity contribution in [1.82, 2.24) is 0 Å². The van der Waals surface area contributed by atoms with Gasteiger partial charge in [0.2, 0.25) is 0 Å². The number of rotatable bonds is 13. The van der Waals surface area contributed by atoms with Gasteiger partial charge in [-0.25, -0.2) is 0 Å². The lowest BCUT2D eigenvalue weighted by molar-refractivity contribution is 0.550. The van der Waals surface area contributed by atoms with Gasteiger partial charge in [0.05, 0.1) is 0 Å². The van der Waals surface area contributed by atoms with Crippen LogP contribution in [0.1, 0.15) is 97.3 Å². The van der Waals surface area contributed by atoms with Gasteiger partial charge in [0, 0.05) is 0 Å². The van der Waals surface area contributed by atoms with E-state index < -0.39 is 0 Å². The molecule has 0 N–H and O–H groups in total. The minimum absolute atomic E-state index is 1.19. The van der Waals surface area contributed by atoms with Crippen molar-refractivity contribution in [1.29, 1.82) is 0 Å². The molecule has 0 radical (unpaired) electrons. The molecule has 0 amide bonds. The Morgan fingerprint density at radius 2 is 1.00 bits per heavy atom. The Kier molecular flexibility index (Phi) is 15.5. The van der Waals surface area contributed by atoms with Crippen LogP contribution in [0.3, 0.4) is 0 Å². The van der Waals surface area contributed by atoms with E-state index in [1.54, 1.807) is 0 Å². The van der Waals surface area contributed by atoms with Gasteiger partial charge >= 0.3 is 0 Å². The molecule has 0 unspecified atom stereocenters. The number of hydrogen-bond donors (Lipinski definition) is 0. The van der Waals surface area contributed by atoms with Gasteiger partial charge in [-0.1, -0.05) is 90.2 Å². The Balaban J connectivity index is 2.91. The Morgan fingerprint density at radius 1 is 0.529 bits per heavy atom. The Hall–Kier alpha value is -0.260. The molecule has 0 aromatic carbocycles. The standard InChI is InChI=1S/C17H34/c1-3-5-7-9-11-13-15-17-16-14-12-10-8-6-4-2/h5,7H,3-4,6,8-17H2,1-2H3/b7-5+. The van der Waals surface area contributed by atoms with Crippen LogP contribution in [0, 0.1) is 0 Å². The lowest BCUT2D eigenvalue weighted by Crippen LogP contribution is -1.81. The van der Waals surface area contributed by atoms with E-state index in [1.165, 1.54) is 83.5 Å². The first-order valence-corrected chi connectivity index (χ1v) is 8.06. The topological polar surface area (TPSA) is 0 Å². The zero-order chi connectivity index (χ0) is 12.6. The molecule has 0 aromatic rings. The summed E-state index contributed by atoms with van der Waals surface area (Å²) in [4.78, 5) is 0. The third kappa shape index (κ3) is 15.7. The molecule has 102 valence electrons. The van der Waals surface area contributed by atoms with Crippen molar-refractivity contribution in [2.75, 3.05) is 0 Å². The number of unbranched alkanes of at least 4 members (excludes halogenated alkanes) is 11. The highest BCUT2D eigenvalue weighted by atomic mass is 14.0. The molecule has 0 aromatic heterocycles. The van der Waals surface area contributed by atoms with E-state index in [-0.39, 0.29) is 0 Å². The van der Waals surface area contributed by atoms with Crippen molar-refractivity contribution in [3.63, 3.8) is 0 Å². The van der Waals surface area contributed by atoms with Crippen molar-refractivity contribution < 1.29 is 0 Å². The number of allylic oxidation sites excluding steroid dienone is 2. The van der Waals surface area contributed by atoms with Crippen molar-refractivity contribution in [2.24, 2.45) is 0 Å². The molecule has 0 saturated carbocycles. The fourth-order valence-electron chi connectivity index (χ4n) is 2.21. The fraction of sp³-hybridized carbons (Fsp3) is 0.882. The molecule has 0 aliphatic heterocycles. The van der Waals surface area contributed by atoms with Gasteiger partial charge in [-0.3, -0.25) is 0 Å². The molecular formula is C17H34. The molecule has 0 heteroatoms. The molecule has 0 aliphatic carbocycles. The second-order valence-corrected chi connectivity index (χ2v) is 5.20. The quantitative estimate of drug-likeness (QED) is 0.249. The van der Waals surface area contributed by atoms with Crippen molar-refractivity contribution in [3.05, 3.63) is 12.2 Å². The smallest absolute Gasteiger partial charge is 0.0351 e. The molecule has 0 heterocycles. The van der Waals surface area contributed by atoms with Gasteiger partial charge in [-0.05, 0) is 19.3 Å². The summed E-state index contributed by atoms with van der Waals surface area (Å²) in [5.41, 5.74) is 0. The molecule has 0 saturated heterocycles. The maximum Gasteiger partial charge on any atom is -0.0351 e. The minimum atomic E-state index is 1.19. The van der Waals surface area contributed by atoms with Crippen molar-refractivity contribution in [3.8, 4) is 0 Å². The predicted molar refractivity (Wildman–Crippen MR) is 80.5 cm³/mol. The molecule has 0 nitrogen and oxygen atoms in total. The van der Waals surface area contributed by atoms with E-state index in [4.69, 9.17) is 0 Å². The zero-order valence-corrected chi connectivity index (χ0v) is 12.3. The summed E-state index contributed by atoms with van der Waals surface area (Å²) in [7, 11) is 0. The summed E-state index contributed by atoms with van der Waals surface area (Å²) in [5.74, 6) is 0. The summed E-state index contributed by atoms with van der Waals surface area (Å²) in [5, 5.41) is 0. The van der Waals surface area contributed by atoms with Crippen LogP contribution in [0.4, 0.5) is 0 Å². The highest BCUT2D eigenvalue weighted by molar-refractivity contribution is 4.79. The molecule has 17 heavy (non-hydrogen) atoms. The minimum Gasteiger partial charge on any atom is -0.0888 e. The van der Waals surface area contributed by atoms with E-state index >= 15 is 0 Å². The van der Waals surface area contributed by atoms with Gasteiger partial charge in [0.1, 0.15) is 0 Å². The van der Waals surface area contributed by atoms with Crippen molar-refractivity contribution >= 4 is 0 Å². The van der Waals surface area contributed by atoms with E-state index in [9.17, 15) is 0 Å². The highest BCUT2D eigenvalue weighted by Crippen LogP contribution is 2.11. The van der Waals surface area contributed by atoms with Gasteiger partial charge < -0.3 is 0 Å². The van der Waals surface area contributed by atoms with Crippen LogP contribution >= 0.6 is 0 Å². The third-order valence-corrected chi connectivity index (χ3v) is 3.38. The Bertz CT molecular complexity index is 146. The summed E-state index contributed by atoms with van der Waals surface area (Å²) in [6, 6.07) is 0. The van der Waals surface area contributed by atoms with Gasteiger partial charge in [-0.15, -0.1) is 0 Å². The normalized spacial score (nSPS) is 11.4. The molecule has 0 rings (SSSR count). The lowest BCUT2D eigenvalue weighted by Gasteiger charge is -2.01. The Labute approximate surface area is 110 Å². The monoisotopic (exact) mass is 238 g/mol. The zero-order valence-electron chi connectivity index (χ0n) is 12.3. The van der Waals surface area contributed by atoms with Gasteiger partial charge in [-0.2, -0.15) is 0 Å². The lowest BCUT2D eigenvalue weighted by atomic mass is 10.1. The summed E-state index contributed by atoms with van der Waals surface area (Å²) in [6.07, 6.45) is 23.0. The summed E-state index contributed by atoms with van der Waals surface area (Å²) >= 11 is 0. The first-order chi connectivity index (χ1) is 8.41.